The van der Waals surface area contributed by atoms with Crippen LogP contribution in [-0.4, -0.2) is 95.1 Å². The maximum absolute atomic E-state index is 14.9. The number of anilines is 2. The number of likely N-dealkylation sites (N-methyl/N-ethyl adjacent to an activating group) is 1. The van der Waals surface area contributed by atoms with Crippen molar-refractivity contribution in [2.75, 3.05) is 56.6 Å². The Bertz CT molecular complexity index is 2340. The Kier molecular flexibility index (Phi) is 10.3. The van der Waals surface area contributed by atoms with Crippen molar-refractivity contribution in [1.82, 2.24) is 19.3 Å². The molecule has 3 amide bonds. The van der Waals surface area contributed by atoms with Gasteiger partial charge in [0, 0.05) is 106 Å². The third-order valence-electron chi connectivity index (χ3n) is 12.1. The minimum absolute atomic E-state index is 0.0318. The summed E-state index contributed by atoms with van der Waals surface area (Å²) in [5.41, 5.74) is 9.34. The van der Waals surface area contributed by atoms with E-state index in [4.69, 9.17) is 4.74 Å². The lowest BCUT2D eigenvalue weighted by Gasteiger charge is -2.36. The number of fused-ring (bicyclic) bond motifs is 2. The van der Waals surface area contributed by atoms with Crippen LogP contribution in [0.5, 0.6) is 11.5 Å². The Labute approximate surface area is 334 Å². The normalized spacial score (nSPS) is 16.9. The molecular formula is C46H50N6O5. The van der Waals surface area contributed by atoms with Crippen molar-refractivity contribution < 1.29 is 24.2 Å². The van der Waals surface area contributed by atoms with E-state index in [1.807, 2.05) is 65.9 Å². The van der Waals surface area contributed by atoms with Gasteiger partial charge < -0.3 is 38.9 Å². The number of aromatic nitrogens is 1. The lowest BCUT2D eigenvalue weighted by molar-refractivity contribution is 0.0658. The van der Waals surface area contributed by atoms with E-state index in [0.29, 0.717) is 48.6 Å². The maximum atomic E-state index is 14.9. The summed E-state index contributed by atoms with van der Waals surface area (Å²) in [6.07, 6.45) is 0.913. The maximum Gasteiger partial charge on any atom is 0.415 e. The molecule has 1 aromatic heterocycles. The SMILES string of the molecule is Cc1c(C(=O)N(C)c2ccc(O)cc2)cc(-c2cc3c(cc2C(=O)N2Cc4ccccc4C[C@H]2C)CN(C(=O)Oc2cccc(N4CCN(C)CC4)c2)CC3)n1C. The first-order chi connectivity index (χ1) is 27.4. The first-order valence-corrected chi connectivity index (χ1v) is 19.7. The van der Waals surface area contributed by atoms with Crippen LogP contribution in [0.1, 0.15) is 55.6 Å². The zero-order valence-electron chi connectivity index (χ0n) is 33.4. The summed E-state index contributed by atoms with van der Waals surface area (Å²) in [4.78, 5) is 52.4. The molecule has 0 aliphatic carbocycles. The van der Waals surface area contributed by atoms with E-state index >= 15 is 0 Å². The fourth-order valence-corrected chi connectivity index (χ4v) is 8.38. The zero-order valence-corrected chi connectivity index (χ0v) is 33.4. The molecule has 0 spiro atoms. The van der Waals surface area contributed by atoms with Crippen molar-refractivity contribution in [2.24, 2.45) is 7.05 Å². The van der Waals surface area contributed by atoms with E-state index in [9.17, 15) is 19.5 Å². The second-order valence-corrected chi connectivity index (χ2v) is 15.7. The minimum atomic E-state index is -0.423. The van der Waals surface area contributed by atoms with Gasteiger partial charge in [-0.05, 0) is 111 Å². The molecule has 1 atom stereocenters. The van der Waals surface area contributed by atoms with Crippen LogP contribution in [0.4, 0.5) is 16.2 Å². The highest BCUT2D eigenvalue weighted by Gasteiger charge is 2.33. The summed E-state index contributed by atoms with van der Waals surface area (Å²) in [6, 6.07) is 28.4. The number of amides is 3. The quantitative estimate of drug-likeness (QED) is 0.201. The van der Waals surface area contributed by atoms with Crippen LogP contribution in [0, 0.1) is 6.92 Å². The number of carbonyl (C=O) groups is 3. The minimum Gasteiger partial charge on any atom is -0.508 e. The Morgan fingerprint density at radius 1 is 0.772 bits per heavy atom. The molecule has 0 bridgehead atoms. The number of carbonyl (C=O) groups excluding carboxylic acids is 3. The largest absolute Gasteiger partial charge is 0.508 e. The van der Waals surface area contributed by atoms with Gasteiger partial charge in [-0.15, -0.1) is 0 Å². The van der Waals surface area contributed by atoms with Crippen LogP contribution < -0.4 is 14.5 Å². The van der Waals surface area contributed by atoms with Gasteiger partial charge in [-0.25, -0.2) is 4.79 Å². The molecule has 0 radical (unpaired) electrons. The van der Waals surface area contributed by atoms with Gasteiger partial charge in [0.15, 0.2) is 0 Å². The van der Waals surface area contributed by atoms with E-state index in [1.165, 1.54) is 5.56 Å². The topological polar surface area (TPSA) is 102 Å². The highest BCUT2D eigenvalue weighted by Crippen LogP contribution is 2.36. The van der Waals surface area contributed by atoms with Gasteiger partial charge in [-0.3, -0.25) is 9.59 Å². The first-order valence-electron chi connectivity index (χ1n) is 19.7. The van der Waals surface area contributed by atoms with Gasteiger partial charge >= 0.3 is 6.09 Å². The van der Waals surface area contributed by atoms with Gasteiger partial charge in [0.05, 0.1) is 5.56 Å². The molecule has 11 heteroatoms. The Balaban J connectivity index is 1.11. The number of hydrogen-bond acceptors (Lipinski definition) is 7. The van der Waals surface area contributed by atoms with E-state index < -0.39 is 6.09 Å². The molecule has 1 fully saturated rings. The summed E-state index contributed by atoms with van der Waals surface area (Å²) in [7, 11) is 5.76. The molecule has 1 N–H and O–H groups in total. The van der Waals surface area contributed by atoms with Crippen LogP contribution in [0.2, 0.25) is 0 Å². The Morgan fingerprint density at radius 3 is 2.26 bits per heavy atom. The van der Waals surface area contributed by atoms with Crippen LogP contribution >= 0.6 is 0 Å². The fourth-order valence-electron chi connectivity index (χ4n) is 8.38. The Morgan fingerprint density at radius 2 is 1.51 bits per heavy atom. The van der Waals surface area contributed by atoms with E-state index in [0.717, 1.165) is 71.9 Å². The van der Waals surface area contributed by atoms with Gasteiger partial charge in [0.1, 0.15) is 11.5 Å². The first kappa shape index (κ1) is 37.8. The molecule has 294 valence electrons. The van der Waals surface area contributed by atoms with Crippen molar-refractivity contribution in [3.8, 4) is 22.8 Å². The molecule has 57 heavy (non-hydrogen) atoms. The number of rotatable bonds is 6. The van der Waals surface area contributed by atoms with Crippen molar-refractivity contribution >= 4 is 29.3 Å². The number of piperazine rings is 1. The van der Waals surface area contributed by atoms with E-state index in [-0.39, 0.29) is 23.6 Å². The third kappa shape index (κ3) is 7.47. The average Bonchev–Trinajstić information content (AvgIpc) is 3.52. The highest BCUT2D eigenvalue weighted by atomic mass is 16.6. The molecule has 5 aromatic rings. The second-order valence-electron chi connectivity index (χ2n) is 15.7. The molecule has 11 nitrogen and oxygen atoms in total. The number of benzene rings is 4. The van der Waals surface area contributed by atoms with Crippen LogP contribution in [0.25, 0.3) is 11.3 Å². The summed E-state index contributed by atoms with van der Waals surface area (Å²) in [5.74, 6) is 0.340. The standard InChI is InChI=1S/C46H50N6O5/c1-30-23-32-9-6-7-10-34(32)29-52(30)45(55)42-25-35-28-51(46(56)57-39-12-8-11-37(26-39)50-21-19-47(3)20-22-50)18-17-33(35)24-41(42)43-27-40(31(2)48(43)4)44(54)49(5)36-13-15-38(53)16-14-36/h6-16,24-27,30,53H,17-23,28-29H2,1-5H3/t30-/m1/s1. The number of phenolic OH excluding ortho intramolecular Hbond substituents is 1. The summed E-state index contributed by atoms with van der Waals surface area (Å²) in [5, 5.41) is 9.81. The highest BCUT2D eigenvalue weighted by molar-refractivity contribution is 6.08. The molecule has 3 aliphatic heterocycles. The van der Waals surface area contributed by atoms with Crippen molar-refractivity contribution in [3.63, 3.8) is 0 Å². The van der Waals surface area contributed by atoms with Crippen molar-refractivity contribution in [2.45, 2.75) is 45.8 Å². The second kappa shape index (κ2) is 15.5. The lowest BCUT2D eigenvalue weighted by atomic mass is 9.90. The van der Waals surface area contributed by atoms with Crippen LogP contribution in [0.3, 0.4) is 0 Å². The van der Waals surface area contributed by atoms with Crippen LogP contribution in [-0.2, 0) is 33.0 Å². The molecule has 4 heterocycles. The number of nitrogens with zero attached hydrogens (tertiary/aromatic N) is 6. The predicted octanol–water partition coefficient (Wildman–Crippen LogP) is 6.88. The predicted molar refractivity (Wildman–Crippen MR) is 222 cm³/mol. The molecule has 1 saturated heterocycles. The number of phenols is 1. The van der Waals surface area contributed by atoms with Gasteiger partial charge in [-0.2, -0.15) is 0 Å². The molecule has 4 aromatic carbocycles. The molecule has 8 rings (SSSR count). The summed E-state index contributed by atoms with van der Waals surface area (Å²) < 4.78 is 7.95. The van der Waals surface area contributed by atoms with Gasteiger partial charge in [-0.1, -0.05) is 30.3 Å². The molecule has 3 aliphatic rings. The molecular weight excluding hydrogens is 717 g/mol. The van der Waals surface area contributed by atoms with Crippen LogP contribution in [0.15, 0.2) is 91.0 Å². The lowest BCUT2D eigenvalue weighted by Crippen LogP contribution is -2.44. The molecule has 0 saturated carbocycles. The zero-order chi connectivity index (χ0) is 40.0. The average molecular weight is 767 g/mol. The summed E-state index contributed by atoms with van der Waals surface area (Å²) in [6.45, 7) is 9.05. The number of aromatic hydroxyl groups is 1. The number of ether oxygens (including phenoxy) is 1. The summed E-state index contributed by atoms with van der Waals surface area (Å²) >= 11 is 0. The Hall–Kier alpha value is -6.07. The monoisotopic (exact) mass is 766 g/mol. The van der Waals surface area contributed by atoms with E-state index in [1.54, 1.807) is 41.1 Å². The number of hydrogen-bond donors (Lipinski definition) is 1. The van der Waals surface area contributed by atoms with Gasteiger partial charge in [0.25, 0.3) is 11.8 Å². The fraction of sp³-hybridized carbons (Fsp3) is 0.326. The third-order valence-corrected chi connectivity index (χ3v) is 12.1. The molecule has 0 unspecified atom stereocenters. The smallest absolute Gasteiger partial charge is 0.415 e. The van der Waals surface area contributed by atoms with Crippen molar-refractivity contribution in [3.05, 3.63) is 130 Å². The van der Waals surface area contributed by atoms with E-state index in [2.05, 4.69) is 48.0 Å². The van der Waals surface area contributed by atoms with Gasteiger partial charge in [0.2, 0.25) is 0 Å². The van der Waals surface area contributed by atoms with Crippen molar-refractivity contribution in [1.29, 1.82) is 0 Å².